The highest BCUT2D eigenvalue weighted by atomic mass is 16.5. The van der Waals surface area contributed by atoms with Gasteiger partial charge in [-0.1, -0.05) is 32.6 Å². The number of aliphatic hydroxyl groups excluding tert-OH is 2. The molecule has 0 spiro atoms. The number of ether oxygens (including phenoxy) is 1. The third-order valence-electron chi connectivity index (χ3n) is 6.22. The number of β-amino-alcohol motifs (C(OH)–C–C–N with tert-alkyl or cyclic N) is 1. The lowest BCUT2D eigenvalue weighted by Crippen LogP contribution is -2.55. The van der Waals surface area contributed by atoms with Gasteiger partial charge >= 0.3 is 0 Å². The Morgan fingerprint density at radius 3 is 2.77 bits per heavy atom. The van der Waals surface area contributed by atoms with Crippen molar-refractivity contribution in [1.29, 1.82) is 0 Å². The lowest BCUT2D eigenvalue weighted by Gasteiger charge is -2.41. The first-order valence-corrected chi connectivity index (χ1v) is 11.3. The van der Waals surface area contributed by atoms with Crippen LogP contribution in [-0.4, -0.2) is 77.5 Å². The number of pyridine rings is 1. The molecule has 0 radical (unpaired) electrons. The first-order chi connectivity index (χ1) is 14.7. The number of aromatic nitrogens is 1. The monoisotopic (exact) mass is 415 g/mol. The van der Waals surface area contributed by atoms with Gasteiger partial charge < -0.3 is 14.9 Å². The highest BCUT2D eigenvalue weighted by Crippen LogP contribution is 2.27. The number of piperazine rings is 1. The largest absolute Gasteiger partial charge is 0.497 e. The van der Waals surface area contributed by atoms with Gasteiger partial charge in [-0.3, -0.25) is 14.8 Å². The van der Waals surface area contributed by atoms with Crippen molar-refractivity contribution in [3.8, 4) is 5.75 Å². The van der Waals surface area contributed by atoms with Crippen molar-refractivity contribution in [2.24, 2.45) is 0 Å². The zero-order valence-electron chi connectivity index (χ0n) is 18.5. The maximum absolute atomic E-state index is 11.0. The molecular formula is C24H37N3O3. The van der Waals surface area contributed by atoms with Gasteiger partial charge in [-0.05, 0) is 42.8 Å². The van der Waals surface area contributed by atoms with Gasteiger partial charge in [0.2, 0.25) is 0 Å². The lowest BCUT2D eigenvalue weighted by molar-refractivity contribution is 0.0170. The van der Waals surface area contributed by atoms with Gasteiger partial charge in [-0.25, -0.2) is 0 Å². The highest BCUT2D eigenvalue weighted by Gasteiger charge is 2.27. The average molecular weight is 416 g/mol. The molecule has 1 unspecified atom stereocenters. The fourth-order valence-electron chi connectivity index (χ4n) is 4.42. The third-order valence-corrected chi connectivity index (χ3v) is 6.22. The van der Waals surface area contributed by atoms with Gasteiger partial charge in [-0.2, -0.15) is 0 Å². The molecule has 0 saturated carbocycles. The molecule has 1 aliphatic heterocycles. The van der Waals surface area contributed by atoms with E-state index in [9.17, 15) is 10.2 Å². The molecular weight excluding hydrogens is 378 g/mol. The van der Waals surface area contributed by atoms with Crippen LogP contribution in [0.3, 0.4) is 0 Å². The summed E-state index contributed by atoms with van der Waals surface area (Å²) in [6.45, 7) is 6.65. The van der Waals surface area contributed by atoms with Crippen LogP contribution in [-0.2, 0) is 0 Å². The molecule has 1 aromatic carbocycles. The van der Waals surface area contributed by atoms with E-state index in [2.05, 4.69) is 21.7 Å². The van der Waals surface area contributed by atoms with Crippen molar-refractivity contribution >= 4 is 10.9 Å². The minimum Gasteiger partial charge on any atom is -0.497 e. The van der Waals surface area contributed by atoms with Gasteiger partial charge in [0.05, 0.1) is 25.3 Å². The zero-order valence-corrected chi connectivity index (χ0v) is 18.5. The summed E-state index contributed by atoms with van der Waals surface area (Å²) >= 11 is 0. The summed E-state index contributed by atoms with van der Waals surface area (Å²) < 4.78 is 5.35. The molecule has 30 heavy (non-hydrogen) atoms. The van der Waals surface area contributed by atoms with Crippen molar-refractivity contribution in [2.75, 3.05) is 46.4 Å². The van der Waals surface area contributed by atoms with Gasteiger partial charge in [0, 0.05) is 43.8 Å². The molecule has 6 heteroatoms. The number of benzene rings is 1. The summed E-state index contributed by atoms with van der Waals surface area (Å²) in [5.74, 6) is 0.761. The summed E-state index contributed by atoms with van der Waals surface area (Å²) in [5, 5.41) is 21.8. The number of hydrogen-bond donors (Lipinski definition) is 2. The molecule has 1 aliphatic rings. The van der Waals surface area contributed by atoms with Crippen LogP contribution in [0.4, 0.5) is 0 Å². The van der Waals surface area contributed by atoms with Crippen LogP contribution in [0.5, 0.6) is 5.75 Å². The van der Waals surface area contributed by atoms with Crippen LogP contribution in [0, 0.1) is 0 Å². The van der Waals surface area contributed by atoms with E-state index in [1.54, 1.807) is 13.3 Å². The topological polar surface area (TPSA) is 69.1 Å². The van der Waals surface area contributed by atoms with Crippen LogP contribution in [0.2, 0.25) is 0 Å². The molecule has 2 aromatic rings. The minimum atomic E-state index is -0.609. The number of fused-ring (bicyclic) bond motifs is 1. The second kappa shape index (κ2) is 11.6. The Hall–Kier alpha value is -1.73. The van der Waals surface area contributed by atoms with Gasteiger partial charge in [-0.15, -0.1) is 0 Å². The summed E-state index contributed by atoms with van der Waals surface area (Å²) in [6, 6.07) is 7.78. The standard InChI is InChI=1S/C24H37N3O3/c1-3-4-5-6-7-12-27-14-13-26(16-19(27)18-28)17-24(29)21-10-11-25-23-9-8-20(30-2)15-22(21)23/h8-11,15,19,24,28-29H,3-7,12-14,16-18H2,1-2H3/t19-,24?/m1/s1. The Morgan fingerprint density at radius 1 is 1.17 bits per heavy atom. The van der Waals surface area contributed by atoms with E-state index in [1.807, 2.05) is 24.3 Å². The molecule has 3 rings (SSSR count). The maximum Gasteiger partial charge on any atom is 0.119 e. The van der Waals surface area contributed by atoms with Crippen LogP contribution in [0.1, 0.15) is 50.7 Å². The predicted molar refractivity (Wildman–Crippen MR) is 121 cm³/mol. The first kappa shape index (κ1) is 22.9. The van der Waals surface area contributed by atoms with E-state index >= 15 is 0 Å². The second-order valence-electron chi connectivity index (χ2n) is 8.35. The smallest absolute Gasteiger partial charge is 0.119 e. The van der Waals surface area contributed by atoms with Crippen molar-refractivity contribution in [3.63, 3.8) is 0 Å². The lowest BCUT2D eigenvalue weighted by atomic mass is 10.0. The Morgan fingerprint density at radius 2 is 2.00 bits per heavy atom. The SMILES string of the molecule is CCCCCCCN1CCN(CC(O)c2ccnc3ccc(OC)cc23)C[C@@H]1CO. The molecule has 0 amide bonds. The predicted octanol–water partition coefficient (Wildman–Crippen LogP) is 3.23. The van der Waals surface area contributed by atoms with Crippen molar-refractivity contribution < 1.29 is 14.9 Å². The van der Waals surface area contributed by atoms with Crippen LogP contribution < -0.4 is 4.74 Å². The number of hydrogen-bond acceptors (Lipinski definition) is 6. The Bertz CT molecular complexity index is 785. The number of methoxy groups -OCH3 is 1. The van der Waals surface area contributed by atoms with E-state index < -0.39 is 6.10 Å². The average Bonchev–Trinajstić information content (AvgIpc) is 2.78. The second-order valence-corrected chi connectivity index (χ2v) is 8.35. The number of aliphatic hydroxyl groups is 2. The molecule has 2 N–H and O–H groups in total. The number of unbranched alkanes of at least 4 members (excludes halogenated alkanes) is 4. The summed E-state index contributed by atoms with van der Waals surface area (Å²) in [4.78, 5) is 9.10. The van der Waals surface area contributed by atoms with Crippen molar-refractivity contribution in [3.05, 3.63) is 36.0 Å². The van der Waals surface area contributed by atoms with Crippen LogP contribution >= 0.6 is 0 Å². The molecule has 0 bridgehead atoms. The molecule has 2 atom stereocenters. The Labute approximate surface area is 180 Å². The van der Waals surface area contributed by atoms with Crippen LogP contribution in [0.25, 0.3) is 10.9 Å². The maximum atomic E-state index is 11.0. The summed E-state index contributed by atoms with van der Waals surface area (Å²) in [7, 11) is 1.64. The third kappa shape index (κ3) is 5.91. The van der Waals surface area contributed by atoms with Crippen LogP contribution in [0.15, 0.2) is 30.5 Å². The summed E-state index contributed by atoms with van der Waals surface area (Å²) in [6.07, 6.45) is 7.48. The molecule has 0 aliphatic carbocycles. The van der Waals surface area contributed by atoms with Gasteiger partial charge in [0.25, 0.3) is 0 Å². The van der Waals surface area contributed by atoms with Crippen molar-refractivity contribution in [2.45, 2.75) is 51.2 Å². The first-order valence-electron chi connectivity index (χ1n) is 11.3. The normalized spacial score (nSPS) is 19.3. The van der Waals surface area contributed by atoms with E-state index in [0.29, 0.717) is 6.54 Å². The molecule has 1 fully saturated rings. The molecule has 2 heterocycles. The van der Waals surface area contributed by atoms with E-state index in [0.717, 1.165) is 48.4 Å². The summed E-state index contributed by atoms with van der Waals surface area (Å²) in [5.41, 5.74) is 1.73. The molecule has 1 aromatic heterocycles. The van der Waals surface area contributed by atoms with E-state index in [1.165, 1.54) is 32.1 Å². The molecule has 6 nitrogen and oxygen atoms in total. The Balaban J connectivity index is 1.59. The minimum absolute atomic E-state index is 0.145. The van der Waals surface area contributed by atoms with E-state index in [-0.39, 0.29) is 12.6 Å². The Kier molecular flexibility index (Phi) is 8.88. The van der Waals surface area contributed by atoms with E-state index in [4.69, 9.17) is 4.74 Å². The quantitative estimate of drug-likeness (QED) is 0.549. The fourth-order valence-corrected chi connectivity index (χ4v) is 4.42. The molecule has 1 saturated heterocycles. The molecule has 166 valence electrons. The zero-order chi connectivity index (χ0) is 21.3. The van der Waals surface area contributed by atoms with Gasteiger partial charge in [0.15, 0.2) is 0 Å². The number of nitrogens with zero attached hydrogens (tertiary/aromatic N) is 3. The van der Waals surface area contributed by atoms with Gasteiger partial charge in [0.1, 0.15) is 5.75 Å². The highest BCUT2D eigenvalue weighted by molar-refractivity contribution is 5.83. The van der Waals surface area contributed by atoms with Crippen molar-refractivity contribution in [1.82, 2.24) is 14.8 Å². The fraction of sp³-hybridized carbons (Fsp3) is 0.625. The number of rotatable bonds is 11.